The molecule has 24 heavy (non-hydrogen) atoms. The van der Waals surface area contributed by atoms with Crippen molar-refractivity contribution in [1.29, 1.82) is 0 Å². The van der Waals surface area contributed by atoms with Crippen molar-refractivity contribution in [3.8, 4) is 0 Å². The summed E-state index contributed by atoms with van der Waals surface area (Å²) in [5, 5.41) is 7.18. The Hall–Kier alpha value is -2.44. The van der Waals surface area contributed by atoms with Crippen molar-refractivity contribution in [2.45, 2.75) is 39.2 Å². The van der Waals surface area contributed by atoms with Crippen LogP contribution in [0.3, 0.4) is 0 Å². The molecule has 0 spiro atoms. The van der Waals surface area contributed by atoms with Crippen molar-refractivity contribution >= 4 is 17.5 Å². The minimum atomic E-state index is -0.157. The van der Waals surface area contributed by atoms with Crippen LogP contribution < -0.4 is 5.32 Å². The molecule has 1 fully saturated rings. The van der Waals surface area contributed by atoms with Crippen LogP contribution in [-0.2, 0) is 4.79 Å². The lowest BCUT2D eigenvalue weighted by Crippen LogP contribution is -2.46. The first-order chi connectivity index (χ1) is 11.5. The van der Waals surface area contributed by atoms with Crippen molar-refractivity contribution in [3.05, 3.63) is 30.2 Å². The second kappa shape index (κ2) is 6.98. The molecule has 3 rings (SSSR count). The van der Waals surface area contributed by atoms with Gasteiger partial charge in [0.15, 0.2) is 5.65 Å². The summed E-state index contributed by atoms with van der Waals surface area (Å²) < 4.78 is 1.59. The van der Waals surface area contributed by atoms with E-state index >= 15 is 0 Å². The molecular weight excluding hydrogens is 306 g/mol. The molecule has 128 valence electrons. The fourth-order valence-corrected chi connectivity index (χ4v) is 3.00. The SMILES string of the molecule is CC(C)CC(=O)N1CCC(NC(=O)c2cnn3cccnc23)CC1. The predicted molar refractivity (Wildman–Crippen MR) is 89.5 cm³/mol. The van der Waals surface area contributed by atoms with E-state index in [-0.39, 0.29) is 17.9 Å². The van der Waals surface area contributed by atoms with Crippen LogP contribution in [0.1, 0.15) is 43.5 Å². The van der Waals surface area contributed by atoms with E-state index in [9.17, 15) is 9.59 Å². The number of nitrogens with zero attached hydrogens (tertiary/aromatic N) is 4. The number of nitrogens with one attached hydrogen (secondary N) is 1. The van der Waals surface area contributed by atoms with Crippen molar-refractivity contribution in [3.63, 3.8) is 0 Å². The summed E-state index contributed by atoms with van der Waals surface area (Å²) in [6, 6.07) is 1.85. The highest BCUT2D eigenvalue weighted by Crippen LogP contribution is 2.15. The predicted octanol–water partition coefficient (Wildman–Crippen LogP) is 1.50. The van der Waals surface area contributed by atoms with Gasteiger partial charge in [-0.25, -0.2) is 9.50 Å². The van der Waals surface area contributed by atoms with Gasteiger partial charge in [-0.05, 0) is 24.8 Å². The van der Waals surface area contributed by atoms with Gasteiger partial charge in [0.1, 0.15) is 5.56 Å². The summed E-state index contributed by atoms with van der Waals surface area (Å²) in [6.07, 6.45) is 7.10. The van der Waals surface area contributed by atoms with E-state index in [2.05, 4.69) is 29.2 Å². The highest BCUT2D eigenvalue weighted by Gasteiger charge is 2.25. The molecule has 0 unspecified atom stereocenters. The quantitative estimate of drug-likeness (QED) is 0.922. The van der Waals surface area contributed by atoms with Gasteiger partial charge in [0.2, 0.25) is 5.91 Å². The average molecular weight is 329 g/mol. The van der Waals surface area contributed by atoms with Gasteiger partial charge in [-0.2, -0.15) is 5.10 Å². The third kappa shape index (κ3) is 3.55. The molecule has 0 aromatic carbocycles. The smallest absolute Gasteiger partial charge is 0.256 e. The van der Waals surface area contributed by atoms with E-state index < -0.39 is 0 Å². The lowest BCUT2D eigenvalue weighted by molar-refractivity contribution is -0.133. The number of carbonyl (C=O) groups is 2. The monoisotopic (exact) mass is 329 g/mol. The number of piperidine rings is 1. The summed E-state index contributed by atoms with van der Waals surface area (Å²) in [4.78, 5) is 30.7. The number of amides is 2. The van der Waals surface area contributed by atoms with Crippen molar-refractivity contribution in [2.75, 3.05) is 13.1 Å². The van der Waals surface area contributed by atoms with Crippen LogP contribution in [0.4, 0.5) is 0 Å². The minimum absolute atomic E-state index is 0.0827. The first kappa shape index (κ1) is 16.4. The molecule has 0 radical (unpaired) electrons. The summed E-state index contributed by atoms with van der Waals surface area (Å²) in [5.41, 5.74) is 1.04. The number of likely N-dealkylation sites (tertiary alicyclic amines) is 1. The highest BCUT2D eigenvalue weighted by atomic mass is 16.2. The Morgan fingerprint density at radius 3 is 2.79 bits per heavy atom. The number of hydrogen-bond acceptors (Lipinski definition) is 4. The normalized spacial score (nSPS) is 15.9. The fourth-order valence-electron chi connectivity index (χ4n) is 3.00. The molecule has 2 amide bonds. The maximum absolute atomic E-state index is 12.5. The Kier molecular flexibility index (Phi) is 4.78. The molecule has 2 aromatic rings. The Morgan fingerprint density at radius 1 is 1.33 bits per heavy atom. The van der Waals surface area contributed by atoms with Gasteiger partial charge in [0.05, 0.1) is 6.20 Å². The van der Waals surface area contributed by atoms with Gasteiger partial charge in [-0.15, -0.1) is 0 Å². The Bertz CT molecular complexity index is 731. The molecule has 3 heterocycles. The number of fused-ring (bicyclic) bond motifs is 1. The molecule has 0 aliphatic carbocycles. The standard InChI is InChI=1S/C17H23N5O2/c1-12(2)10-15(23)21-8-4-13(5-9-21)20-17(24)14-11-19-22-7-3-6-18-16(14)22/h3,6-7,11-13H,4-5,8-10H2,1-2H3,(H,20,24). The van der Waals surface area contributed by atoms with E-state index in [1.165, 1.54) is 0 Å². The van der Waals surface area contributed by atoms with Crippen LogP contribution in [-0.4, -0.2) is 50.4 Å². The Labute approximate surface area is 141 Å². The molecular formula is C17H23N5O2. The van der Waals surface area contributed by atoms with Gasteiger partial charge in [-0.3, -0.25) is 9.59 Å². The summed E-state index contributed by atoms with van der Waals surface area (Å²) in [6.45, 7) is 5.50. The van der Waals surface area contributed by atoms with E-state index in [0.717, 1.165) is 12.8 Å². The van der Waals surface area contributed by atoms with Crippen LogP contribution in [0.5, 0.6) is 0 Å². The molecule has 1 N–H and O–H groups in total. The Morgan fingerprint density at radius 2 is 2.08 bits per heavy atom. The van der Waals surface area contributed by atoms with Gasteiger partial charge in [-0.1, -0.05) is 13.8 Å². The lowest BCUT2D eigenvalue weighted by Gasteiger charge is -2.32. The molecule has 7 heteroatoms. The molecule has 1 saturated heterocycles. The van der Waals surface area contributed by atoms with Crippen LogP contribution in [0.2, 0.25) is 0 Å². The number of aromatic nitrogens is 3. The molecule has 1 aliphatic heterocycles. The highest BCUT2D eigenvalue weighted by molar-refractivity contribution is 5.99. The second-order valence-electron chi connectivity index (χ2n) is 6.67. The van der Waals surface area contributed by atoms with Gasteiger partial charge >= 0.3 is 0 Å². The zero-order chi connectivity index (χ0) is 17.1. The summed E-state index contributed by atoms with van der Waals surface area (Å²) in [7, 11) is 0. The zero-order valence-electron chi connectivity index (χ0n) is 14.1. The van der Waals surface area contributed by atoms with Crippen LogP contribution in [0, 0.1) is 5.92 Å². The third-order valence-corrected chi connectivity index (χ3v) is 4.29. The van der Waals surface area contributed by atoms with Crippen molar-refractivity contribution in [2.24, 2.45) is 5.92 Å². The maximum atomic E-state index is 12.5. The topological polar surface area (TPSA) is 79.6 Å². The van der Waals surface area contributed by atoms with Crippen LogP contribution in [0.25, 0.3) is 5.65 Å². The summed E-state index contributed by atoms with van der Waals surface area (Å²) >= 11 is 0. The number of hydrogen-bond donors (Lipinski definition) is 1. The zero-order valence-corrected chi connectivity index (χ0v) is 14.1. The first-order valence-electron chi connectivity index (χ1n) is 8.41. The van der Waals surface area contributed by atoms with Crippen LogP contribution in [0.15, 0.2) is 24.7 Å². The second-order valence-corrected chi connectivity index (χ2v) is 6.67. The fraction of sp³-hybridized carbons (Fsp3) is 0.529. The van der Waals surface area contributed by atoms with E-state index in [4.69, 9.17) is 0 Å². The first-order valence-corrected chi connectivity index (χ1v) is 8.41. The van der Waals surface area contributed by atoms with E-state index in [1.54, 1.807) is 29.2 Å². The Balaban J connectivity index is 1.56. The molecule has 7 nitrogen and oxygen atoms in total. The maximum Gasteiger partial charge on any atom is 0.256 e. The molecule has 0 atom stereocenters. The van der Waals surface area contributed by atoms with E-state index in [1.807, 2.05) is 4.90 Å². The largest absolute Gasteiger partial charge is 0.349 e. The van der Waals surface area contributed by atoms with Crippen molar-refractivity contribution in [1.82, 2.24) is 24.8 Å². The molecule has 2 aromatic heterocycles. The molecule has 0 saturated carbocycles. The van der Waals surface area contributed by atoms with Crippen LogP contribution >= 0.6 is 0 Å². The van der Waals surface area contributed by atoms with Gasteiger partial charge in [0, 0.05) is 37.9 Å². The van der Waals surface area contributed by atoms with Crippen molar-refractivity contribution < 1.29 is 9.59 Å². The average Bonchev–Trinajstić information content (AvgIpc) is 2.99. The molecule has 1 aliphatic rings. The summed E-state index contributed by atoms with van der Waals surface area (Å²) in [5.74, 6) is 0.426. The third-order valence-electron chi connectivity index (χ3n) is 4.29. The minimum Gasteiger partial charge on any atom is -0.349 e. The molecule has 0 bridgehead atoms. The number of carbonyl (C=O) groups excluding carboxylic acids is 2. The van der Waals surface area contributed by atoms with E-state index in [0.29, 0.717) is 36.6 Å². The number of rotatable bonds is 4. The van der Waals surface area contributed by atoms with Gasteiger partial charge in [0.25, 0.3) is 5.91 Å². The van der Waals surface area contributed by atoms with Gasteiger partial charge < -0.3 is 10.2 Å². The lowest BCUT2D eigenvalue weighted by atomic mass is 10.0.